The van der Waals surface area contributed by atoms with Gasteiger partial charge in [0.05, 0.1) is 19.1 Å². The maximum absolute atomic E-state index is 13.5. The number of amides is 2. The van der Waals surface area contributed by atoms with Crippen molar-refractivity contribution in [1.29, 1.82) is 0 Å². The van der Waals surface area contributed by atoms with E-state index in [9.17, 15) is 18.0 Å². The predicted molar refractivity (Wildman–Crippen MR) is 130 cm³/mol. The van der Waals surface area contributed by atoms with E-state index in [0.717, 1.165) is 16.1 Å². The topological polar surface area (TPSA) is 96.0 Å². The Labute approximate surface area is 200 Å². The zero-order valence-electron chi connectivity index (χ0n) is 19.4. The summed E-state index contributed by atoms with van der Waals surface area (Å²) in [5.74, 6) is -0.629. The monoisotopic (exact) mass is 495 g/mol. The molecular formula is C23H30ClN3O5S. The molecule has 2 aromatic carbocycles. The van der Waals surface area contributed by atoms with E-state index in [-0.39, 0.29) is 35.0 Å². The lowest BCUT2D eigenvalue weighted by Gasteiger charge is -2.32. The van der Waals surface area contributed by atoms with Gasteiger partial charge in [0.15, 0.2) is 0 Å². The number of ether oxygens (including phenoxy) is 1. The number of anilines is 1. The number of hydrogen-bond donors (Lipinski definition) is 1. The van der Waals surface area contributed by atoms with Gasteiger partial charge < -0.3 is 15.0 Å². The fourth-order valence-electron chi connectivity index (χ4n) is 3.22. The molecule has 2 rings (SSSR count). The largest absolute Gasteiger partial charge is 0.495 e. The van der Waals surface area contributed by atoms with Crippen LogP contribution >= 0.6 is 11.6 Å². The first-order valence-electron chi connectivity index (χ1n) is 10.4. The van der Waals surface area contributed by atoms with E-state index in [4.69, 9.17) is 16.3 Å². The van der Waals surface area contributed by atoms with E-state index in [2.05, 4.69) is 5.32 Å². The van der Waals surface area contributed by atoms with Crippen molar-refractivity contribution in [2.24, 2.45) is 0 Å². The van der Waals surface area contributed by atoms with Gasteiger partial charge in [-0.05, 0) is 44.5 Å². The summed E-state index contributed by atoms with van der Waals surface area (Å²) in [6.45, 7) is 4.87. The van der Waals surface area contributed by atoms with Crippen LogP contribution in [0.4, 0.5) is 5.69 Å². The van der Waals surface area contributed by atoms with Gasteiger partial charge in [-0.1, -0.05) is 41.9 Å². The molecule has 0 aliphatic carbocycles. The van der Waals surface area contributed by atoms with Crippen molar-refractivity contribution in [3.05, 3.63) is 59.1 Å². The van der Waals surface area contributed by atoms with Crippen LogP contribution in [0.25, 0.3) is 0 Å². The van der Waals surface area contributed by atoms with Gasteiger partial charge in [-0.15, -0.1) is 0 Å². The Morgan fingerprint density at radius 3 is 2.27 bits per heavy atom. The molecule has 2 amide bonds. The molecule has 180 valence electrons. The van der Waals surface area contributed by atoms with Crippen molar-refractivity contribution in [1.82, 2.24) is 10.2 Å². The molecular weight excluding hydrogens is 466 g/mol. The first-order valence-corrected chi connectivity index (χ1v) is 12.6. The molecule has 0 bridgehead atoms. The van der Waals surface area contributed by atoms with Crippen molar-refractivity contribution in [2.45, 2.75) is 39.4 Å². The van der Waals surface area contributed by atoms with Crippen LogP contribution in [0.1, 0.15) is 26.3 Å². The Morgan fingerprint density at radius 1 is 1.09 bits per heavy atom. The molecule has 0 saturated heterocycles. The third-order valence-corrected chi connectivity index (χ3v) is 6.24. The second-order valence-corrected chi connectivity index (χ2v) is 10.3. The summed E-state index contributed by atoms with van der Waals surface area (Å²) >= 11 is 6.09. The summed E-state index contributed by atoms with van der Waals surface area (Å²) in [4.78, 5) is 27.5. The van der Waals surface area contributed by atoms with Gasteiger partial charge in [0.25, 0.3) is 0 Å². The van der Waals surface area contributed by atoms with Crippen LogP contribution in [-0.2, 0) is 26.2 Å². The van der Waals surface area contributed by atoms with E-state index < -0.39 is 28.5 Å². The Kier molecular flexibility index (Phi) is 9.13. The van der Waals surface area contributed by atoms with Crippen LogP contribution in [0.3, 0.4) is 0 Å². The van der Waals surface area contributed by atoms with Gasteiger partial charge in [0.2, 0.25) is 21.8 Å². The predicted octanol–water partition coefficient (Wildman–Crippen LogP) is 3.06. The molecule has 10 heteroatoms. The Bertz CT molecular complexity index is 1080. The van der Waals surface area contributed by atoms with Gasteiger partial charge in [-0.2, -0.15) is 0 Å². The highest BCUT2D eigenvalue weighted by atomic mass is 35.5. The average molecular weight is 496 g/mol. The summed E-state index contributed by atoms with van der Waals surface area (Å²) in [6, 6.07) is 12.7. The fourth-order valence-corrected chi connectivity index (χ4v) is 4.23. The zero-order chi connectivity index (χ0) is 24.8. The number of carbonyl (C=O) groups is 2. The van der Waals surface area contributed by atoms with E-state index in [1.807, 2.05) is 44.2 Å². The van der Waals surface area contributed by atoms with E-state index >= 15 is 0 Å². The quantitative estimate of drug-likeness (QED) is 0.546. The minimum atomic E-state index is -3.89. The van der Waals surface area contributed by atoms with Crippen molar-refractivity contribution in [3.8, 4) is 5.75 Å². The first kappa shape index (κ1) is 26.5. The number of nitrogens with zero attached hydrogens (tertiary/aromatic N) is 2. The van der Waals surface area contributed by atoms with Gasteiger partial charge >= 0.3 is 0 Å². The van der Waals surface area contributed by atoms with Crippen LogP contribution in [0.5, 0.6) is 5.75 Å². The molecule has 33 heavy (non-hydrogen) atoms. The number of sulfonamides is 1. The van der Waals surface area contributed by atoms with Crippen molar-refractivity contribution < 1.29 is 22.7 Å². The molecule has 0 spiro atoms. The molecule has 1 atom stereocenters. The second kappa shape index (κ2) is 11.4. The molecule has 1 N–H and O–H groups in total. The lowest BCUT2D eigenvalue weighted by Crippen LogP contribution is -2.52. The van der Waals surface area contributed by atoms with Crippen LogP contribution in [0.15, 0.2) is 48.5 Å². The summed E-state index contributed by atoms with van der Waals surface area (Å²) in [7, 11) is -2.49. The maximum atomic E-state index is 13.5. The van der Waals surface area contributed by atoms with Crippen molar-refractivity contribution >= 4 is 39.1 Å². The Morgan fingerprint density at radius 2 is 1.73 bits per heavy atom. The summed E-state index contributed by atoms with van der Waals surface area (Å²) < 4.78 is 31.5. The van der Waals surface area contributed by atoms with Crippen molar-refractivity contribution in [3.63, 3.8) is 0 Å². The molecule has 0 aliphatic rings. The van der Waals surface area contributed by atoms with Crippen LogP contribution in [0, 0.1) is 0 Å². The number of benzene rings is 2. The first-order chi connectivity index (χ1) is 15.4. The number of nitrogens with one attached hydrogen (secondary N) is 1. The minimum absolute atomic E-state index is 0.114. The summed E-state index contributed by atoms with van der Waals surface area (Å²) in [5, 5.41) is 3.09. The SMILES string of the molecule is COc1ccc(Cl)cc1N(CC(=O)N(Cc1ccccc1)[C@H](C)C(=O)NC(C)C)S(C)(=O)=O. The highest BCUT2D eigenvalue weighted by molar-refractivity contribution is 7.92. The highest BCUT2D eigenvalue weighted by Gasteiger charge is 2.31. The van der Waals surface area contributed by atoms with Gasteiger partial charge in [0.1, 0.15) is 18.3 Å². The molecule has 0 heterocycles. The van der Waals surface area contributed by atoms with Crippen LogP contribution in [0.2, 0.25) is 5.02 Å². The number of rotatable bonds is 10. The summed E-state index contributed by atoms with van der Waals surface area (Å²) in [5.41, 5.74) is 0.945. The standard InChI is InChI=1S/C23H30ClN3O5S/c1-16(2)25-23(29)17(3)26(14-18-9-7-6-8-10-18)22(28)15-27(33(5,30)31)20-13-19(24)11-12-21(20)32-4/h6-13,16-17H,14-15H2,1-5H3,(H,25,29)/t17-/m1/s1. The maximum Gasteiger partial charge on any atom is 0.244 e. The fraction of sp³-hybridized carbons (Fsp3) is 0.391. The molecule has 8 nitrogen and oxygen atoms in total. The second-order valence-electron chi connectivity index (χ2n) is 7.93. The number of halogens is 1. The smallest absolute Gasteiger partial charge is 0.244 e. The highest BCUT2D eigenvalue weighted by Crippen LogP contribution is 2.33. The molecule has 0 aromatic heterocycles. The third kappa shape index (κ3) is 7.36. The number of hydrogen-bond acceptors (Lipinski definition) is 5. The third-order valence-electron chi connectivity index (χ3n) is 4.88. The molecule has 2 aromatic rings. The molecule has 0 radical (unpaired) electrons. The Balaban J connectivity index is 2.44. The summed E-state index contributed by atoms with van der Waals surface area (Å²) in [6.07, 6.45) is 0.997. The Hall–Kier alpha value is -2.78. The zero-order valence-corrected chi connectivity index (χ0v) is 21.0. The van der Waals surface area contributed by atoms with Gasteiger partial charge in [-0.3, -0.25) is 13.9 Å². The van der Waals surface area contributed by atoms with E-state index in [1.165, 1.54) is 24.1 Å². The lowest BCUT2D eigenvalue weighted by molar-refractivity contribution is -0.139. The molecule has 0 fully saturated rings. The normalized spacial score (nSPS) is 12.2. The van der Waals surface area contributed by atoms with Crippen molar-refractivity contribution in [2.75, 3.05) is 24.2 Å². The lowest BCUT2D eigenvalue weighted by atomic mass is 10.1. The average Bonchev–Trinajstić information content (AvgIpc) is 2.74. The van der Waals surface area contributed by atoms with Gasteiger partial charge in [0, 0.05) is 17.6 Å². The van der Waals surface area contributed by atoms with E-state index in [0.29, 0.717) is 0 Å². The molecule has 0 aliphatic heterocycles. The number of methoxy groups -OCH3 is 1. The van der Waals surface area contributed by atoms with Crippen LogP contribution in [-0.4, -0.2) is 57.1 Å². The molecule has 0 unspecified atom stereocenters. The number of carbonyl (C=O) groups excluding carboxylic acids is 2. The van der Waals surface area contributed by atoms with E-state index in [1.54, 1.807) is 13.0 Å². The minimum Gasteiger partial charge on any atom is -0.495 e. The van der Waals surface area contributed by atoms with Crippen LogP contribution < -0.4 is 14.4 Å². The van der Waals surface area contributed by atoms with Gasteiger partial charge in [-0.25, -0.2) is 8.42 Å². The molecule has 0 saturated carbocycles.